The summed E-state index contributed by atoms with van der Waals surface area (Å²) in [5.41, 5.74) is 1.83. The number of benzene rings is 1. The Hall–Kier alpha value is -2.13. The first-order chi connectivity index (χ1) is 14.0. The number of fused-ring (bicyclic) bond motifs is 1. The Balaban J connectivity index is 1.54. The Labute approximate surface area is 181 Å². The van der Waals surface area contributed by atoms with Gasteiger partial charge in [-0.2, -0.15) is 0 Å². The van der Waals surface area contributed by atoms with Crippen LogP contribution in [0.3, 0.4) is 0 Å². The van der Waals surface area contributed by atoms with Gasteiger partial charge < -0.3 is 5.32 Å². The van der Waals surface area contributed by atoms with Crippen molar-refractivity contribution in [3.8, 4) is 0 Å². The Kier molecular flexibility index (Phi) is 6.05. The molecule has 9 heteroatoms. The molecule has 0 bridgehead atoms. The fourth-order valence-electron chi connectivity index (χ4n) is 3.55. The molecule has 1 amide bonds. The summed E-state index contributed by atoms with van der Waals surface area (Å²) < 4.78 is 3.61. The number of aryl methyl sites for hydroxylation is 1. The second-order valence-corrected chi connectivity index (χ2v) is 9.46. The van der Waals surface area contributed by atoms with E-state index < -0.39 is 0 Å². The van der Waals surface area contributed by atoms with E-state index >= 15 is 0 Å². The standard InChI is InChI=1S/C20H22BrN5O2S/c1-13-11-14(21)7-8-16(13)23-17(27)12-26-20(28)25-10-9-22-19(18(25)24-26)29-15-5-3-2-4-6-15/h7-11,15H,2-6,12H2,1H3,(H,23,27). The first kappa shape index (κ1) is 20.2. The van der Waals surface area contributed by atoms with Gasteiger partial charge >= 0.3 is 5.69 Å². The number of carbonyl (C=O) groups is 1. The summed E-state index contributed by atoms with van der Waals surface area (Å²) in [5, 5.41) is 8.51. The maximum Gasteiger partial charge on any atom is 0.350 e. The number of amides is 1. The number of aromatic nitrogens is 4. The van der Waals surface area contributed by atoms with Crippen molar-refractivity contribution in [3.63, 3.8) is 0 Å². The van der Waals surface area contributed by atoms with Gasteiger partial charge in [0.15, 0.2) is 5.65 Å². The van der Waals surface area contributed by atoms with Crippen molar-refractivity contribution in [3.05, 3.63) is 51.1 Å². The molecule has 1 saturated carbocycles. The number of rotatable bonds is 5. The maximum atomic E-state index is 12.7. The zero-order valence-corrected chi connectivity index (χ0v) is 18.5. The van der Waals surface area contributed by atoms with Crippen molar-refractivity contribution in [2.45, 2.75) is 55.8 Å². The number of halogens is 1. The lowest BCUT2D eigenvalue weighted by atomic mass is 10.0. The van der Waals surface area contributed by atoms with Gasteiger partial charge in [-0.05, 0) is 43.5 Å². The summed E-state index contributed by atoms with van der Waals surface area (Å²) in [6.07, 6.45) is 9.30. The molecule has 1 aliphatic rings. The highest BCUT2D eigenvalue weighted by molar-refractivity contribution is 9.10. The van der Waals surface area contributed by atoms with Gasteiger partial charge in [0.25, 0.3) is 0 Å². The SMILES string of the molecule is Cc1cc(Br)ccc1NC(=O)Cn1nc2c(SC3CCCCC3)nccn2c1=O. The Morgan fingerprint density at radius 3 is 2.86 bits per heavy atom. The molecule has 2 heterocycles. The molecule has 7 nitrogen and oxygen atoms in total. The number of thioether (sulfide) groups is 1. The summed E-state index contributed by atoms with van der Waals surface area (Å²) >= 11 is 5.10. The van der Waals surface area contributed by atoms with Crippen LogP contribution in [0.4, 0.5) is 5.69 Å². The first-order valence-electron chi connectivity index (χ1n) is 9.68. The predicted octanol–water partition coefficient (Wildman–Crippen LogP) is 4.03. The van der Waals surface area contributed by atoms with Gasteiger partial charge in [0.1, 0.15) is 11.6 Å². The molecule has 0 spiro atoms. The first-order valence-corrected chi connectivity index (χ1v) is 11.4. The van der Waals surface area contributed by atoms with Crippen LogP contribution in [0.15, 0.2) is 44.9 Å². The molecule has 0 unspecified atom stereocenters. The van der Waals surface area contributed by atoms with Crippen molar-refractivity contribution in [2.75, 3.05) is 5.32 Å². The highest BCUT2D eigenvalue weighted by Gasteiger charge is 2.20. The van der Waals surface area contributed by atoms with E-state index in [0.717, 1.165) is 27.9 Å². The molecule has 152 valence electrons. The number of carbonyl (C=O) groups excluding carboxylic acids is 1. The molecule has 1 aromatic carbocycles. The zero-order valence-electron chi connectivity index (χ0n) is 16.1. The van der Waals surface area contributed by atoms with E-state index in [-0.39, 0.29) is 18.1 Å². The van der Waals surface area contributed by atoms with Gasteiger partial charge in [0, 0.05) is 27.8 Å². The minimum absolute atomic E-state index is 0.149. The molecule has 1 aliphatic carbocycles. The Morgan fingerprint density at radius 1 is 1.31 bits per heavy atom. The average Bonchev–Trinajstić information content (AvgIpc) is 3.02. The molecule has 1 N–H and O–H groups in total. The fraction of sp³-hybridized carbons (Fsp3) is 0.400. The monoisotopic (exact) mass is 475 g/mol. The number of nitrogens with one attached hydrogen (secondary N) is 1. The highest BCUT2D eigenvalue weighted by atomic mass is 79.9. The van der Waals surface area contributed by atoms with Crippen molar-refractivity contribution in [1.29, 1.82) is 0 Å². The zero-order chi connectivity index (χ0) is 20.4. The lowest BCUT2D eigenvalue weighted by molar-refractivity contribution is -0.117. The minimum Gasteiger partial charge on any atom is -0.324 e. The van der Waals surface area contributed by atoms with Gasteiger partial charge in [-0.15, -0.1) is 5.10 Å². The number of anilines is 1. The van der Waals surface area contributed by atoms with Gasteiger partial charge in [-0.25, -0.2) is 18.9 Å². The van der Waals surface area contributed by atoms with Crippen LogP contribution in [0.25, 0.3) is 5.65 Å². The topological polar surface area (TPSA) is 81.3 Å². The van der Waals surface area contributed by atoms with E-state index in [1.807, 2.05) is 25.1 Å². The lowest BCUT2D eigenvalue weighted by Crippen LogP contribution is -2.28. The fourth-order valence-corrected chi connectivity index (χ4v) is 5.27. The van der Waals surface area contributed by atoms with E-state index in [1.165, 1.54) is 28.3 Å². The third kappa shape index (κ3) is 4.56. The molecular formula is C20H22BrN5O2S. The molecule has 29 heavy (non-hydrogen) atoms. The van der Waals surface area contributed by atoms with Crippen LogP contribution in [-0.2, 0) is 11.3 Å². The van der Waals surface area contributed by atoms with Gasteiger partial charge in [-0.3, -0.25) is 4.79 Å². The Bertz CT molecular complexity index is 1100. The highest BCUT2D eigenvalue weighted by Crippen LogP contribution is 2.33. The van der Waals surface area contributed by atoms with Crippen LogP contribution in [0.2, 0.25) is 0 Å². The smallest absolute Gasteiger partial charge is 0.324 e. The molecule has 3 aromatic rings. The van der Waals surface area contributed by atoms with Crippen LogP contribution >= 0.6 is 27.7 Å². The second-order valence-electron chi connectivity index (χ2n) is 7.25. The predicted molar refractivity (Wildman–Crippen MR) is 117 cm³/mol. The number of hydrogen-bond acceptors (Lipinski definition) is 5. The largest absolute Gasteiger partial charge is 0.350 e. The van der Waals surface area contributed by atoms with Crippen LogP contribution in [0.5, 0.6) is 0 Å². The average molecular weight is 476 g/mol. The van der Waals surface area contributed by atoms with Crippen LogP contribution < -0.4 is 11.0 Å². The van der Waals surface area contributed by atoms with E-state index in [9.17, 15) is 9.59 Å². The van der Waals surface area contributed by atoms with Crippen LogP contribution in [-0.4, -0.2) is 30.3 Å². The molecule has 0 atom stereocenters. The molecular weight excluding hydrogens is 454 g/mol. The van der Waals surface area contributed by atoms with Crippen LogP contribution in [0.1, 0.15) is 37.7 Å². The van der Waals surface area contributed by atoms with Gasteiger partial charge in [-0.1, -0.05) is 47.0 Å². The third-order valence-electron chi connectivity index (χ3n) is 5.06. The summed E-state index contributed by atoms with van der Waals surface area (Å²) in [7, 11) is 0. The van der Waals surface area contributed by atoms with E-state index in [4.69, 9.17) is 0 Å². The summed E-state index contributed by atoms with van der Waals surface area (Å²) in [5.74, 6) is -0.296. The Morgan fingerprint density at radius 2 is 2.10 bits per heavy atom. The lowest BCUT2D eigenvalue weighted by Gasteiger charge is -2.20. The molecule has 0 saturated heterocycles. The van der Waals surface area contributed by atoms with E-state index in [2.05, 4.69) is 31.3 Å². The quantitative estimate of drug-likeness (QED) is 0.602. The number of hydrogen-bond donors (Lipinski definition) is 1. The van der Waals surface area contributed by atoms with Crippen LogP contribution in [0, 0.1) is 6.92 Å². The number of nitrogens with zero attached hydrogens (tertiary/aromatic N) is 4. The normalized spacial score (nSPS) is 15.0. The van der Waals surface area contributed by atoms with Crippen molar-refractivity contribution in [2.24, 2.45) is 0 Å². The minimum atomic E-state index is -0.337. The molecule has 0 aliphatic heterocycles. The van der Waals surface area contributed by atoms with Gasteiger partial charge in [0.2, 0.25) is 5.91 Å². The van der Waals surface area contributed by atoms with Gasteiger partial charge in [0.05, 0.1) is 0 Å². The third-order valence-corrected chi connectivity index (χ3v) is 6.86. The van der Waals surface area contributed by atoms with E-state index in [1.54, 1.807) is 24.2 Å². The molecule has 1 fully saturated rings. The van der Waals surface area contributed by atoms with E-state index in [0.29, 0.717) is 16.6 Å². The second kappa shape index (κ2) is 8.71. The summed E-state index contributed by atoms with van der Waals surface area (Å²) in [6, 6.07) is 5.61. The molecule has 4 rings (SSSR count). The summed E-state index contributed by atoms with van der Waals surface area (Å²) in [6.45, 7) is 1.77. The summed E-state index contributed by atoms with van der Waals surface area (Å²) in [4.78, 5) is 29.7. The maximum absolute atomic E-state index is 12.7. The van der Waals surface area contributed by atoms with Crippen molar-refractivity contribution in [1.82, 2.24) is 19.2 Å². The molecule has 2 aromatic heterocycles. The van der Waals surface area contributed by atoms with Crippen molar-refractivity contribution >= 4 is 44.9 Å². The molecule has 0 radical (unpaired) electrons. The van der Waals surface area contributed by atoms with Crippen molar-refractivity contribution < 1.29 is 4.79 Å².